The molecular formula is C20H19BrClF2N5. The predicted molar refractivity (Wildman–Crippen MR) is 113 cm³/mol. The molecule has 2 aliphatic rings. The second-order valence-electron chi connectivity index (χ2n) is 7.62. The Labute approximate surface area is 180 Å². The number of pyridine rings is 1. The van der Waals surface area contributed by atoms with Gasteiger partial charge in [-0.3, -0.25) is 4.40 Å². The quantitative estimate of drug-likeness (QED) is 0.542. The van der Waals surface area contributed by atoms with Crippen LogP contribution >= 0.6 is 27.5 Å². The zero-order chi connectivity index (χ0) is 20.2. The fraction of sp³-hybridized carbons (Fsp3) is 0.400. The fourth-order valence-electron chi connectivity index (χ4n) is 3.95. The van der Waals surface area contributed by atoms with Crippen LogP contribution in [0.3, 0.4) is 0 Å². The Morgan fingerprint density at radius 2 is 1.69 bits per heavy atom. The van der Waals surface area contributed by atoms with Crippen molar-refractivity contribution in [2.75, 3.05) is 36.0 Å². The summed E-state index contributed by atoms with van der Waals surface area (Å²) in [6.45, 7) is 3.40. The molecule has 2 aromatic heterocycles. The van der Waals surface area contributed by atoms with E-state index in [1.807, 2.05) is 40.9 Å². The largest absolute Gasteiger partial charge is 0.367 e. The van der Waals surface area contributed by atoms with Gasteiger partial charge in [0.1, 0.15) is 5.82 Å². The zero-order valence-corrected chi connectivity index (χ0v) is 17.9. The van der Waals surface area contributed by atoms with E-state index in [9.17, 15) is 8.78 Å². The predicted octanol–water partition coefficient (Wildman–Crippen LogP) is 4.67. The maximum Gasteiger partial charge on any atom is 0.252 e. The van der Waals surface area contributed by atoms with Crippen molar-refractivity contribution in [1.82, 2.24) is 14.6 Å². The van der Waals surface area contributed by atoms with Gasteiger partial charge in [0.25, 0.3) is 5.92 Å². The highest BCUT2D eigenvalue weighted by atomic mass is 79.9. The lowest BCUT2D eigenvalue weighted by atomic mass is 10.2. The first-order valence-electron chi connectivity index (χ1n) is 9.58. The first kappa shape index (κ1) is 19.1. The second kappa shape index (κ2) is 7.09. The fourth-order valence-corrected chi connectivity index (χ4v) is 4.86. The van der Waals surface area contributed by atoms with Crippen molar-refractivity contribution >= 4 is 44.6 Å². The molecule has 0 amide bonds. The standard InChI is InChI=1S/C20H19BrClF2N5/c21-18-16(28-9-7-27(8-10-28)15-4-2-1-3-14(15)22)5-6-29-17(25-26-19(18)29)11-13-12-20(13,23)24/h1-6,13H,7-12H2. The van der Waals surface area contributed by atoms with E-state index < -0.39 is 11.8 Å². The molecule has 9 heteroatoms. The van der Waals surface area contributed by atoms with E-state index in [2.05, 4.69) is 35.9 Å². The summed E-state index contributed by atoms with van der Waals surface area (Å²) in [7, 11) is 0. The lowest BCUT2D eigenvalue weighted by molar-refractivity contribution is 0.0984. The topological polar surface area (TPSA) is 36.7 Å². The van der Waals surface area contributed by atoms with Gasteiger partial charge in [-0.25, -0.2) is 8.78 Å². The monoisotopic (exact) mass is 481 g/mol. The van der Waals surface area contributed by atoms with Crippen LogP contribution in [0.15, 0.2) is 41.0 Å². The minimum absolute atomic E-state index is 0.0587. The summed E-state index contributed by atoms with van der Waals surface area (Å²) in [6, 6.07) is 9.89. The number of rotatable bonds is 4. The van der Waals surface area contributed by atoms with E-state index in [1.54, 1.807) is 0 Å². The van der Waals surface area contributed by atoms with Crippen LogP contribution in [0, 0.1) is 5.92 Å². The summed E-state index contributed by atoms with van der Waals surface area (Å²) in [5.41, 5.74) is 2.75. The van der Waals surface area contributed by atoms with Gasteiger partial charge >= 0.3 is 0 Å². The van der Waals surface area contributed by atoms with Crippen molar-refractivity contribution in [3.05, 3.63) is 51.8 Å². The number of anilines is 2. The third-order valence-electron chi connectivity index (χ3n) is 5.77. The molecule has 0 bridgehead atoms. The Kier molecular flexibility index (Phi) is 4.66. The Morgan fingerprint density at radius 1 is 1.03 bits per heavy atom. The number of para-hydroxylation sites is 1. The first-order chi connectivity index (χ1) is 13.9. The molecule has 5 rings (SSSR count). The molecule has 0 spiro atoms. The van der Waals surface area contributed by atoms with Crippen molar-refractivity contribution in [3.63, 3.8) is 0 Å². The highest BCUT2D eigenvalue weighted by Crippen LogP contribution is 2.50. The molecule has 1 aliphatic heterocycles. The van der Waals surface area contributed by atoms with Gasteiger partial charge in [-0.05, 0) is 34.1 Å². The Bertz CT molecular complexity index is 1060. The second-order valence-corrected chi connectivity index (χ2v) is 8.82. The third-order valence-corrected chi connectivity index (χ3v) is 6.85. The van der Waals surface area contributed by atoms with Crippen LogP contribution in [-0.2, 0) is 6.42 Å². The lowest BCUT2D eigenvalue weighted by Crippen LogP contribution is -2.46. The van der Waals surface area contributed by atoms with Crippen LogP contribution in [-0.4, -0.2) is 46.7 Å². The molecule has 1 saturated carbocycles. The summed E-state index contributed by atoms with van der Waals surface area (Å²) < 4.78 is 29.2. The minimum Gasteiger partial charge on any atom is -0.367 e. The zero-order valence-electron chi connectivity index (χ0n) is 15.5. The molecule has 2 fully saturated rings. The number of alkyl halides is 2. The Hall–Kier alpha value is -1.93. The lowest BCUT2D eigenvalue weighted by Gasteiger charge is -2.38. The van der Waals surface area contributed by atoms with Crippen LogP contribution < -0.4 is 9.80 Å². The number of fused-ring (bicyclic) bond motifs is 1. The summed E-state index contributed by atoms with van der Waals surface area (Å²) >= 11 is 9.99. The number of piperazine rings is 1. The molecule has 29 heavy (non-hydrogen) atoms. The van der Waals surface area contributed by atoms with E-state index >= 15 is 0 Å². The van der Waals surface area contributed by atoms with Gasteiger partial charge in [0, 0.05) is 51.1 Å². The Morgan fingerprint density at radius 3 is 2.34 bits per heavy atom. The van der Waals surface area contributed by atoms with Gasteiger partial charge < -0.3 is 9.80 Å². The highest BCUT2D eigenvalue weighted by Gasteiger charge is 2.56. The molecule has 1 saturated heterocycles. The van der Waals surface area contributed by atoms with Gasteiger partial charge in [-0.15, -0.1) is 10.2 Å². The molecule has 152 valence electrons. The maximum atomic E-state index is 13.3. The Balaban J connectivity index is 1.34. The van der Waals surface area contributed by atoms with Crippen molar-refractivity contribution in [2.45, 2.75) is 18.8 Å². The van der Waals surface area contributed by atoms with Gasteiger partial charge in [0.05, 0.1) is 20.9 Å². The van der Waals surface area contributed by atoms with Crippen molar-refractivity contribution in [3.8, 4) is 0 Å². The van der Waals surface area contributed by atoms with Gasteiger partial charge in [-0.2, -0.15) is 0 Å². The van der Waals surface area contributed by atoms with Gasteiger partial charge in [0.15, 0.2) is 5.65 Å². The molecule has 1 aliphatic carbocycles. The van der Waals surface area contributed by atoms with E-state index in [1.165, 1.54) is 0 Å². The van der Waals surface area contributed by atoms with E-state index in [0.29, 0.717) is 11.5 Å². The molecule has 5 nitrogen and oxygen atoms in total. The number of nitrogens with zero attached hydrogens (tertiary/aromatic N) is 5. The molecule has 1 atom stereocenters. The van der Waals surface area contributed by atoms with Crippen molar-refractivity contribution < 1.29 is 8.78 Å². The number of halogens is 4. The summed E-state index contributed by atoms with van der Waals surface area (Å²) in [4.78, 5) is 4.58. The highest BCUT2D eigenvalue weighted by molar-refractivity contribution is 9.10. The molecule has 3 aromatic rings. The molecule has 0 radical (unpaired) electrons. The van der Waals surface area contributed by atoms with Crippen LogP contribution in [0.4, 0.5) is 20.2 Å². The average Bonchev–Trinajstić information content (AvgIpc) is 3.11. The molecule has 1 unspecified atom stereocenters. The smallest absolute Gasteiger partial charge is 0.252 e. The third kappa shape index (κ3) is 3.46. The first-order valence-corrected chi connectivity index (χ1v) is 10.8. The SMILES string of the molecule is FC1(F)CC1Cc1nnc2c(Br)c(N3CCN(c4ccccc4Cl)CC3)ccn12. The number of benzene rings is 1. The average molecular weight is 483 g/mol. The van der Waals surface area contributed by atoms with Crippen LogP contribution in [0.1, 0.15) is 12.2 Å². The van der Waals surface area contributed by atoms with Crippen LogP contribution in [0.25, 0.3) is 5.65 Å². The van der Waals surface area contributed by atoms with Crippen molar-refractivity contribution in [2.24, 2.45) is 5.92 Å². The van der Waals surface area contributed by atoms with Crippen LogP contribution in [0.2, 0.25) is 5.02 Å². The summed E-state index contributed by atoms with van der Waals surface area (Å²) in [5, 5.41) is 9.17. The minimum atomic E-state index is -2.55. The van der Waals surface area contributed by atoms with Gasteiger partial charge in [-0.1, -0.05) is 23.7 Å². The summed E-state index contributed by atoms with van der Waals surface area (Å²) in [5.74, 6) is -2.59. The summed E-state index contributed by atoms with van der Waals surface area (Å²) in [6.07, 6.45) is 2.07. The normalized spacial score (nSPS) is 21.0. The van der Waals surface area contributed by atoms with Crippen LogP contribution in [0.5, 0.6) is 0 Å². The van der Waals surface area contributed by atoms with Crippen molar-refractivity contribution in [1.29, 1.82) is 0 Å². The van der Waals surface area contributed by atoms with E-state index in [4.69, 9.17) is 11.6 Å². The van der Waals surface area contributed by atoms with E-state index in [0.717, 1.165) is 47.0 Å². The van der Waals surface area contributed by atoms with Gasteiger partial charge in [0.2, 0.25) is 0 Å². The number of hydrogen-bond donors (Lipinski definition) is 0. The molecule has 1 aromatic carbocycles. The number of aromatic nitrogens is 3. The maximum absolute atomic E-state index is 13.3. The molecular weight excluding hydrogens is 464 g/mol. The molecule has 0 N–H and O–H groups in total. The molecule has 3 heterocycles. The van der Waals surface area contributed by atoms with E-state index in [-0.39, 0.29) is 12.8 Å². The number of hydrogen-bond acceptors (Lipinski definition) is 4.